The lowest BCUT2D eigenvalue weighted by atomic mass is 10.1. The van der Waals surface area contributed by atoms with Crippen LogP contribution in [0.4, 0.5) is 23.2 Å². The van der Waals surface area contributed by atoms with Gasteiger partial charge in [-0.05, 0) is 19.3 Å². The van der Waals surface area contributed by atoms with E-state index in [0.717, 1.165) is 32.3 Å². The first-order chi connectivity index (χ1) is 12.1. The third kappa shape index (κ3) is 2.89. The van der Waals surface area contributed by atoms with Gasteiger partial charge in [0.15, 0.2) is 0 Å². The highest BCUT2D eigenvalue weighted by atomic mass is 19.4. The molecule has 0 amide bonds. The van der Waals surface area contributed by atoms with Crippen LogP contribution in [0.2, 0.25) is 0 Å². The number of Topliss-reactive ketones (excluding diaryl/α,β-unsaturated/α-hetero) is 1. The Balaban J connectivity index is 2.36. The van der Waals surface area contributed by atoms with E-state index in [2.05, 4.69) is 0 Å². The molecule has 2 heterocycles. The highest BCUT2D eigenvalue weighted by molar-refractivity contribution is 5.93. The second kappa shape index (κ2) is 6.26. The lowest BCUT2D eigenvalue weighted by Crippen LogP contribution is -2.35. The Kier molecular flexibility index (Phi) is 4.37. The average molecular weight is 373 g/mol. The molecule has 26 heavy (non-hydrogen) atoms. The van der Waals surface area contributed by atoms with Gasteiger partial charge in [0.05, 0.1) is 10.1 Å². The molecule has 0 atom stereocenters. The van der Waals surface area contributed by atoms with Gasteiger partial charge >= 0.3 is 11.9 Å². The summed E-state index contributed by atoms with van der Waals surface area (Å²) in [6.07, 6.45) is -2.66. The maximum atomic E-state index is 14.4. The Bertz CT molecular complexity index is 947. The zero-order valence-corrected chi connectivity index (χ0v) is 13.8. The lowest BCUT2D eigenvalue weighted by Gasteiger charge is -2.29. The molecular weight excluding hydrogens is 358 g/mol. The first-order valence-electron chi connectivity index (χ1n) is 7.98. The number of rotatable bonds is 2. The minimum atomic E-state index is -5.24. The fourth-order valence-corrected chi connectivity index (χ4v) is 3.24. The summed E-state index contributed by atoms with van der Waals surface area (Å²) in [5.41, 5.74) is -4.50. The number of piperidine rings is 1. The molecule has 1 aliphatic rings. The number of fused-ring (bicyclic) bond motifs is 1. The molecule has 0 saturated carbocycles. The van der Waals surface area contributed by atoms with Crippen LogP contribution in [0, 0.1) is 15.9 Å². The molecule has 6 nitrogen and oxygen atoms in total. The van der Waals surface area contributed by atoms with E-state index in [9.17, 15) is 32.5 Å². The van der Waals surface area contributed by atoms with Crippen LogP contribution in [0.5, 0.6) is 0 Å². The summed E-state index contributed by atoms with van der Waals surface area (Å²) in [6, 6.07) is 1.64. The predicted octanol–water partition coefficient (Wildman–Crippen LogP) is 3.25. The first-order valence-corrected chi connectivity index (χ1v) is 7.98. The third-order valence-electron chi connectivity index (χ3n) is 4.41. The monoisotopic (exact) mass is 373 g/mol. The predicted molar refractivity (Wildman–Crippen MR) is 85.1 cm³/mol. The van der Waals surface area contributed by atoms with Crippen LogP contribution in [0.25, 0.3) is 11.0 Å². The maximum Gasteiger partial charge on any atom is 0.438 e. The molecule has 0 aliphatic carbocycles. The molecule has 2 aromatic rings. The minimum Gasteiger partial charge on any atom is -0.805 e. The second-order valence-electron chi connectivity index (χ2n) is 6.18. The zero-order chi connectivity index (χ0) is 19.2. The van der Waals surface area contributed by atoms with Crippen molar-refractivity contribution in [3.8, 4) is 0 Å². The molecule has 140 valence electrons. The van der Waals surface area contributed by atoms with E-state index in [1.165, 1.54) is 0 Å². The molecule has 0 radical (unpaired) electrons. The largest absolute Gasteiger partial charge is 0.805 e. The van der Waals surface area contributed by atoms with E-state index >= 15 is 0 Å². The minimum absolute atomic E-state index is 0.0241. The van der Waals surface area contributed by atoms with Gasteiger partial charge in [-0.3, -0.25) is 4.79 Å². The van der Waals surface area contributed by atoms with Gasteiger partial charge in [0.25, 0.3) is 5.52 Å². The second-order valence-corrected chi connectivity index (χ2v) is 6.18. The lowest BCUT2D eigenvalue weighted by molar-refractivity contribution is -0.470. The van der Waals surface area contributed by atoms with Gasteiger partial charge < -0.3 is 14.8 Å². The van der Waals surface area contributed by atoms with Crippen molar-refractivity contribution >= 4 is 22.5 Å². The molecule has 1 fully saturated rings. The van der Waals surface area contributed by atoms with Crippen molar-refractivity contribution in [3.05, 3.63) is 39.5 Å². The van der Waals surface area contributed by atoms with Crippen molar-refractivity contribution in [2.24, 2.45) is 0 Å². The summed E-state index contributed by atoms with van der Waals surface area (Å²) < 4.78 is 53.3. The number of alkyl halides is 3. The van der Waals surface area contributed by atoms with E-state index in [1.54, 1.807) is 4.90 Å². The number of benzene rings is 1. The van der Waals surface area contributed by atoms with Gasteiger partial charge in [-0.1, -0.05) is 0 Å². The van der Waals surface area contributed by atoms with Crippen LogP contribution < -0.4 is 9.33 Å². The van der Waals surface area contributed by atoms with Gasteiger partial charge in [0, 0.05) is 37.1 Å². The number of carbonyl (C=O) groups excluding carboxylic acids is 1. The fraction of sp³-hybridized carbons (Fsp3) is 0.438. The maximum absolute atomic E-state index is 14.4. The summed E-state index contributed by atoms with van der Waals surface area (Å²) in [5.74, 6) is -2.10. The number of hydrogen-bond acceptors (Lipinski definition) is 4. The number of aromatic nitrogens is 2. The number of nitrogens with zero attached hydrogens (tertiary/aromatic N) is 3. The van der Waals surface area contributed by atoms with Crippen LogP contribution in [0.15, 0.2) is 12.1 Å². The van der Waals surface area contributed by atoms with Crippen LogP contribution in [0.3, 0.4) is 0 Å². The Morgan fingerprint density at radius 1 is 1.19 bits per heavy atom. The Morgan fingerprint density at radius 2 is 1.81 bits per heavy atom. The normalized spacial score (nSPS) is 15.5. The third-order valence-corrected chi connectivity index (χ3v) is 4.41. The van der Waals surface area contributed by atoms with E-state index < -0.39 is 44.9 Å². The highest BCUT2D eigenvalue weighted by Gasteiger charge is 2.44. The SMILES string of the molecule is CC(=O)c1c(C(F)(F)F)n([O-])c2cc(F)c(N3CCCCC3)cc2[n+]1=O. The number of halogens is 4. The average Bonchev–Trinajstić information content (AvgIpc) is 2.56. The van der Waals surface area contributed by atoms with Crippen molar-refractivity contribution in [1.82, 2.24) is 4.73 Å². The van der Waals surface area contributed by atoms with E-state index in [4.69, 9.17) is 0 Å². The van der Waals surface area contributed by atoms with Crippen molar-refractivity contribution in [2.45, 2.75) is 32.4 Å². The van der Waals surface area contributed by atoms with Crippen molar-refractivity contribution in [3.63, 3.8) is 0 Å². The van der Waals surface area contributed by atoms with Crippen LogP contribution >= 0.6 is 0 Å². The summed E-state index contributed by atoms with van der Waals surface area (Å²) >= 11 is 0. The molecular formula is C16H15F4N3O3. The van der Waals surface area contributed by atoms with Gasteiger partial charge in [-0.2, -0.15) is 13.2 Å². The molecule has 1 aromatic carbocycles. The van der Waals surface area contributed by atoms with E-state index in [0.29, 0.717) is 19.2 Å². The molecule has 1 saturated heterocycles. The standard InChI is InChI=1S/C16H15F4N3O3/c1-9(24)14-15(16(18,19)20)23(26)12-7-10(17)11(8-13(12)22(14)25)21-5-3-2-4-6-21/h7-8H,2-6H2,1H3. The first kappa shape index (κ1) is 18.2. The molecule has 0 N–H and O–H groups in total. The van der Waals surface area contributed by atoms with E-state index in [1.807, 2.05) is 0 Å². The van der Waals surface area contributed by atoms with Gasteiger partial charge in [-0.25, -0.2) is 4.39 Å². The Labute approximate surface area is 144 Å². The Hall–Kier alpha value is -2.65. The molecule has 0 unspecified atom stereocenters. The number of hydrogen-bond donors (Lipinski definition) is 0. The number of anilines is 1. The summed E-state index contributed by atoms with van der Waals surface area (Å²) in [7, 11) is 0. The van der Waals surface area contributed by atoms with Crippen molar-refractivity contribution < 1.29 is 26.8 Å². The molecule has 1 aliphatic heterocycles. The molecule has 3 rings (SSSR count). The van der Waals surface area contributed by atoms with Crippen molar-refractivity contribution in [1.29, 1.82) is 0 Å². The van der Waals surface area contributed by atoms with Crippen LogP contribution in [0.1, 0.15) is 42.4 Å². The summed E-state index contributed by atoms with van der Waals surface area (Å²) in [4.78, 5) is 25.7. The molecule has 1 aromatic heterocycles. The van der Waals surface area contributed by atoms with Gasteiger partial charge in [0.1, 0.15) is 11.3 Å². The van der Waals surface area contributed by atoms with Gasteiger partial charge in [0.2, 0.25) is 11.5 Å². The highest BCUT2D eigenvalue weighted by Crippen LogP contribution is 2.34. The zero-order valence-electron chi connectivity index (χ0n) is 13.8. The molecule has 0 spiro atoms. The topological polar surface area (TPSA) is 71.3 Å². The van der Waals surface area contributed by atoms with Crippen molar-refractivity contribution in [2.75, 3.05) is 18.0 Å². The molecule has 0 bridgehead atoms. The number of ketones is 1. The fourth-order valence-electron chi connectivity index (χ4n) is 3.24. The molecule has 10 heteroatoms. The van der Waals surface area contributed by atoms with E-state index in [-0.39, 0.29) is 10.1 Å². The van der Waals surface area contributed by atoms with Crippen LogP contribution in [-0.4, -0.2) is 23.6 Å². The quantitative estimate of drug-likeness (QED) is 0.460. The number of carbonyl (C=O) groups is 1. The van der Waals surface area contributed by atoms with Gasteiger partial charge in [-0.15, -0.1) is 0 Å². The summed E-state index contributed by atoms with van der Waals surface area (Å²) in [6.45, 7) is 1.82. The summed E-state index contributed by atoms with van der Waals surface area (Å²) in [5, 5.41) is 12.2. The van der Waals surface area contributed by atoms with Crippen LogP contribution in [-0.2, 0) is 6.18 Å². The smallest absolute Gasteiger partial charge is 0.438 e. The Morgan fingerprint density at radius 3 is 2.35 bits per heavy atom.